The summed E-state index contributed by atoms with van der Waals surface area (Å²) in [5, 5.41) is 3.27. The average molecular weight is 427 g/mol. The molecular formula is C27H26N2O3. The highest BCUT2D eigenvalue weighted by Gasteiger charge is 2.41. The number of ether oxygens (including phenoxy) is 1. The summed E-state index contributed by atoms with van der Waals surface area (Å²) in [7, 11) is 1.59. The van der Waals surface area contributed by atoms with Gasteiger partial charge in [0.1, 0.15) is 11.4 Å². The molecule has 0 bridgehead atoms. The number of nitrogens with one attached hydrogen (secondary N) is 1. The van der Waals surface area contributed by atoms with Crippen molar-refractivity contribution in [2.75, 3.05) is 17.3 Å². The van der Waals surface area contributed by atoms with Crippen molar-refractivity contribution in [2.24, 2.45) is 0 Å². The number of aryl methyl sites for hydroxylation is 4. The van der Waals surface area contributed by atoms with Gasteiger partial charge in [-0.05, 0) is 74.2 Å². The third kappa shape index (κ3) is 3.78. The Morgan fingerprint density at radius 3 is 2.06 bits per heavy atom. The van der Waals surface area contributed by atoms with E-state index >= 15 is 0 Å². The van der Waals surface area contributed by atoms with Gasteiger partial charge in [-0.2, -0.15) is 0 Å². The lowest BCUT2D eigenvalue weighted by Crippen LogP contribution is -2.33. The van der Waals surface area contributed by atoms with Gasteiger partial charge in [-0.3, -0.25) is 9.59 Å². The summed E-state index contributed by atoms with van der Waals surface area (Å²) in [5.74, 6) is -0.0324. The second kappa shape index (κ2) is 8.35. The maximum Gasteiger partial charge on any atom is 0.282 e. The third-order valence-electron chi connectivity index (χ3n) is 5.71. The van der Waals surface area contributed by atoms with E-state index in [0.29, 0.717) is 22.6 Å². The molecule has 0 saturated heterocycles. The van der Waals surface area contributed by atoms with E-state index in [1.54, 1.807) is 31.4 Å². The van der Waals surface area contributed by atoms with Crippen LogP contribution in [0.2, 0.25) is 0 Å². The Hall–Kier alpha value is -3.86. The number of rotatable bonds is 5. The van der Waals surface area contributed by atoms with Crippen LogP contribution in [0.1, 0.15) is 27.8 Å². The van der Waals surface area contributed by atoms with Crippen molar-refractivity contribution in [3.63, 3.8) is 0 Å². The molecule has 1 aliphatic rings. The SMILES string of the molecule is COc1ccc(C2=C(Nc3cc(C)ccc3C)C(=O)N(c3ccc(C)cc3C)C2=O)cc1. The summed E-state index contributed by atoms with van der Waals surface area (Å²) in [6, 6.07) is 18.9. The second-order valence-corrected chi connectivity index (χ2v) is 8.16. The molecule has 1 aliphatic heterocycles. The Kier molecular flexibility index (Phi) is 5.57. The zero-order chi connectivity index (χ0) is 23.0. The number of hydrogen-bond acceptors (Lipinski definition) is 4. The van der Waals surface area contributed by atoms with Gasteiger partial charge >= 0.3 is 0 Å². The minimum Gasteiger partial charge on any atom is -0.497 e. The Bertz CT molecular complexity index is 1260. The number of hydrogen-bond donors (Lipinski definition) is 1. The normalized spacial score (nSPS) is 13.7. The molecule has 0 radical (unpaired) electrons. The molecule has 1 heterocycles. The molecule has 0 atom stereocenters. The van der Waals surface area contributed by atoms with E-state index < -0.39 is 0 Å². The van der Waals surface area contributed by atoms with E-state index in [1.807, 2.05) is 64.1 Å². The predicted octanol–water partition coefficient (Wildman–Crippen LogP) is 5.33. The van der Waals surface area contributed by atoms with Crippen molar-refractivity contribution < 1.29 is 14.3 Å². The Labute approximate surface area is 188 Å². The molecule has 0 saturated carbocycles. The summed E-state index contributed by atoms with van der Waals surface area (Å²) < 4.78 is 5.25. The number of amides is 2. The first kappa shape index (κ1) is 21.4. The van der Waals surface area contributed by atoms with Crippen molar-refractivity contribution in [3.05, 3.63) is 94.2 Å². The molecule has 1 N–H and O–H groups in total. The van der Waals surface area contributed by atoms with Crippen molar-refractivity contribution in [2.45, 2.75) is 27.7 Å². The molecule has 0 aromatic heterocycles. The van der Waals surface area contributed by atoms with Crippen LogP contribution in [0.5, 0.6) is 5.75 Å². The van der Waals surface area contributed by atoms with Crippen molar-refractivity contribution in [1.82, 2.24) is 0 Å². The predicted molar refractivity (Wildman–Crippen MR) is 128 cm³/mol. The zero-order valence-corrected chi connectivity index (χ0v) is 18.9. The maximum atomic E-state index is 13.6. The first-order valence-corrected chi connectivity index (χ1v) is 10.5. The van der Waals surface area contributed by atoms with Gasteiger partial charge in [0.2, 0.25) is 0 Å². The van der Waals surface area contributed by atoms with Crippen LogP contribution in [0.4, 0.5) is 11.4 Å². The number of benzene rings is 3. The van der Waals surface area contributed by atoms with Gasteiger partial charge in [-0.1, -0.05) is 42.0 Å². The van der Waals surface area contributed by atoms with E-state index in [9.17, 15) is 9.59 Å². The lowest BCUT2D eigenvalue weighted by atomic mass is 10.0. The zero-order valence-electron chi connectivity index (χ0n) is 18.9. The van der Waals surface area contributed by atoms with Gasteiger partial charge in [-0.25, -0.2) is 4.90 Å². The summed E-state index contributed by atoms with van der Waals surface area (Å²) >= 11 is 0. The summed E-state index contributed by atoms with van der Waals surface area (Å²) in [5.41, 5.74) is 6.66. The maximum absolute atomic E-state index is 13.6. The highest BCUT2D eigenvalue weighted by molar-refractivity contribution is 6.46. The van der Waals surface area contributed by atoms with Crippen LogP contribution in [0.3, 0.4) is 0 Å². The molecular weight excluding hydrogens is 400 g/mol. The van der Waals surface area contributed by atoms with Gasteiger partial charge in [-0.15, -0.1) is 0 Å². The second-order valence-electron chi connectivity index (χ2n) is 8.16. The fourth-order valence-electron chi connectivity index (χ4n) is 3.95. The lowest BCUT2D eigenvalue weighted by Gasteiger charge is -2.18. The minimum atomic E-state index is -0.367. The molecule has 2 amide bonds. The van der Waals surface area contributed by atoms with Crippen LogP contribution in [-0.2, 0) is 9.59 Å². The summed E-state index contributed by atoms with van der Waals surface area (Å²) in [6.45, 7) is 7.86. The first-order valence-electron chi connectivity index (χ1n) is 10.5. The van der Waals surface area contributed by atoms with Crippen LogP contribution in [0.25, 0.3) is 5.57 Å². The molecule has 162 valence electrons. The number of methoxy groups -OCH3 is 1. The van der Waals surface area contributed by atoms with Gasteiger partial charge in [0.15, 0.2) is 0 Å². The quantitative estimate of drug-likeness (QED) is 0.561. The van der Waals surface area contributed by atoms with Crippen LogP contribution >= 0.6 is 0 Å². The minimum absolute atomic E-state index is 0.272. The molecule has 0 spiro atoms. The number of carbonyl (C=O) groups excluding carboxylic acids is 2. The topological polar surface area (TPSA) is 58.6 Å². The molecule has 3 aromatic carbocycles. The Morgan fingerprint density at radius 2 is 1.41 bits per heavy atom. The fourth-order valence-corrected chi connectivity index (χ4v) is 3.95. The van der Waals surface area contributed by atoms with Crippen molar-refractivity contribution >= 4 is 28.8 Å². The van der Waals surface area contributed by atoms with Crippen molar-refractivity contribution in [1.29, 1.82) is 0 Å². The van der Waals surface area contributed by atoms with Crippen LogP contribution < -0.4 is 15.0 Å². The van der Waals surface area contributed by atoms with E-state index in [2.05, 4.69) is 5.32 Å². The third-order valence-corrected chi connectivity index (χ3v) is 5.71. The van der Waals surface area contributed by atoms with E-state index in [0.717, 1.165) is 27.9 Å². The standard InChI is InChI=1S/C27H26N2O3/c1-16-7-13-23(19(4)14-16)29-26(30)24(20-9-11-21(32-5)12-10-20)25(27(29)31)28-22-15-17(2)6-8-18(22)3/h6-15,28H,1-5H3. The fraction of sp³-hybridized carbons (Fsp3) is 0.185. The number of anilines is 2. The van der Waals surface area contributed by atoms with E-state index in [-0.39, 0.29) is 17.5 Å². The molecule has 4 rings (SSSR count). The number of nitrogens with zero attached hydrogens (tertiary/aromatic N) is 1. The van der Waals surface area contributed by atoms with Crippen LogP contribution in [0, 0.1) is 27.7 Å². The highest BCUT2D eigenvalue weighted by atomic mass is 16.5. The van der Waals surface area contributed by atoms with Gasteiger partial charge < -0.3 is 10.1 Å². The summed E-state index contributed by atoms with van der Waals surface area (Å²) in [4.78, 5) is 28.5. The Balaban J connectivity index is 1.86. The summed E-state index contributed by atoms with van der Waals surface area (Å²) in [6.07, 6.45) is 0. The molecule has 0 unspecified atom stereocenters. The highest BCUT2D eigenvalue weighted by Crippen LogP contribution is 2.36. The van der Waals surface area contributed by atoms with Gasteiger partial charge in [0, 0.05) is 5.69 Å². The molecule has 3 aromatic rings. The number of imide groups is 1. The van der Waals surface area contributed by atoms with Gasteiger partial charge in [0.25, 0.3) is 11.8 Å². The molecule has 5 nitrogen and oxygen atoms in total. The molecule has 5 heteroatoms. The number of carbonyl (C=O) groups is 2. The molecule has 32 heavy (non-hydrogen) atoms. The Morgan fingerprint density at radius 1 is 0.750 bits per heavy atom. The van der Waals surface area contributed by atoms with E-state index in [4.69, 9.17) is 4.74 Å². The van der Waals surface area contributed by atoms with Crippen molar-refractivity contribution in [3.8, 4) is 5.75 Å². The molecule has 0 fully saturated rings. The average Bonchev–Trinajstić information content (AvgIpc) is 3.00. The first-order chi connectivity index (χ1) is 15.3. The lowest BCUT2D eigenvalue weighted by molar-refractivity contribution is -0.120. The molecule has 0 aliphatic carbocycles. The smallest absolute Gasteiger partial charge is 0.282 e. The monoisotopic (exact) mass is 426 g/mol. The van der Waals surface area contributed by atoms with Crippen LogP contribution in [-0.4, -0.2) is 18.9 Å². The largest absolute Gasteiger partial charge is 0.497 e. The van der Waals surface area contributed by atoms with E-state index in [1.165, 1.54) is 4.90 Å². The van der Waals surface area contributed by atoms with Gasteiger partial charge in [0.05, 0.1) is 18.4 Å². The van der Waals surface area contributed by atoms with Crippen LogP contribution in [0.15, 0.2) is 66.4 Å².